The van der Waals surface area contributed by atoms with Crippen LogP contribution in [0.5, 0.6) is 0 Å². The molecule has 0 spiro atoms. The largest absolute Gasteiger partial charge is 0.396 e. The Morgan fingerprint density at radius 1 is 1.44 bits per heavy atom. The zero-order valence-corrected chi connectivity index (χ0v) is 11.1. The van der Waals surface area contributed by atoms with Crippen molar-refractivity contribution in [3.8, 4) is 5.95 Å². The van der Waals surface area contributed by atoms with Crippen LogP contribution in [0.25, 0.3) is 5.95 Å². The van der Waals surface area contributed by atoms with Crippen molar-refractivity contribution in [3.63, 3.8) is 0 Å². The maximum Gasteiger partial charge on any atom is 0.257 e. The molecule has 0 amide bonds. The van der Waals surface area contributed by atoms with Crippen LogP contribution < -0.4 is 0 Å². The molecule has 0 aliphatic heterocycles. The van der Waals surface area contributed by atoms with E-state index in [2.05, 4.69) is 25.0 Å². The number of thioether (sulfide) groups is 1. The van der Waals surface area contributed by atoms with E-state index in [9.17, 15) is 0 Å². The molecule has 2 heterocycles. The molecule has 1 atom stereocenters. The zero-order chi connectivity index (χ0) is 13.0. The van der Waals surface area contributed by atoms with Gasteiger partial charge in [-0.25, -0.2) is 4.98 Å². The van der Waals surface area contributed by atoms with Crippen molar-refractivity contribution in [1.29, 1.82) is 0 Å². The lowest BCUT2D eigenvalue weighted by Gasteiger charge is -2.08. The van der Waals surface area contributed by atoms with E-state index in [0.717, 1.165) is 0 Å². The van der Waals surface area contributed by atoms with Crippen LogP contribution >= 0.6 is 23.4 Å². The van der Waals surface area contributed by atoms with Crippen molar-refractivity contribution in [2.24, 2.45) is 0 Å². The summed E-state index contributed by atoms with van der Waals surface area (Å²) in [6.45, 7) is 2.11. The van der Waals surface area contributed by atoms with Gasteiger partial charge in [0.1, 0.15) is 12.7 Å². The summed E-state index contributed by atoms with van der Waals surface area (Å²) in [6, 6.07) is 0. The van der Waals surface area contributed by atoms with Crippen LogP contribution in [0.15, 0.2) is 17.8 Å². The van der Waals surface area contributed by atoms with Gasteiger partial charge in [-0.3, -0.25) is 0 Å². The van der Waals surface area contributed by atoms with Crippen LogP contribution in [0.4, 0.5) is 0 Å². The molecular weight excluding hydrogens is 276 g/mol. The normalized spacial score (nSPS) is 12.6. The molecule has 1 N–H and O–H groups in total. The predicted molar refractivity (Wildman–Crippen MR) is 66.8 cm³/mol. The van der Waals surface area contributed by atoms with Crippen molar-refractivity contribution in [3.05, 3.63) is 17.9 Å². The first-order valence-electron chi connectivity index (χ1n) is 5.23. The fraction of sp³-hybridized carbons (Fsp3) is 0.444. The second-order valence-corrected chi connectivity index (χ2v) is 5.21. The summed E-state index contributed by atoms with van der Waals surface area (Å²) in [7, 11) is 0. The molecule has 0 bridgehead atoms. The van der Waals surface area contributed by atoms with E-state index >= 15 is 0 Å². The molecule has 0 saturated carbocycles. The highest BCUT2D eigenvalue weighted by Crippen LogP contribution is 2.22. The maximum absolute atomic E-state index is 8.86. The number of hydrogen-bond acceptors (Lipinski definition) is 7. The first-order valence-corrected chi connectivity index (χ1v) is 6.49. The Kier molecular flexibility index (Phi) is 4.45. The summed E-state index contributed by atoms with van der Waals surface area (Å²) in [6.07, 6.45) is 3.53. The molecule has 2 aromatic heterocycles. The van der Waals surface area contributed by atoms with Gasteiger partial charge in [-0.05, 0) is 18.0 Å². The fourth-order valence-electron chi connectivity index (χ4n) is 1.21. The van der Waals surface area contributed by atoms with E-state index in [1.807, 2.05) is 6.92 Å². The first-order chi connectivity index (χ1) is 8.69. The van der Waals surface area contributed by atoms with Crippen molar-refractivity contribution in [2.45, 2.75) is 23.8 Å². The number of aliphatic hydroxyl groups excluding tert-OH is 1. The molecule has 0 fully saturated rings. The lowest BCUT2D eigenvalue weighted by atomic mass is 10.4. The monoisotopic (exact) mass is 286 g/mol. The van der Waals surface area contributed by atoms with Gasteiger partial charge >= 0.3 is 0 Å². The summed E-state index contributed by atoms with van der Waals surface area (Å²) in [4.78, 5) is 16.0. The van der Waals surface area contributed by atoms with Gasteiger partial charge in [0.2, 0.25) is 5.28 Å². The van der Waals surface area contributed by atoms with Crippen LogP contribution in [-0.2, 0) is 0 Å². The Labute approximate surface area is 113 Å². The smallest absolute Gasteiger partial charge is 0.257 e. The van der Waals surface area contributed by atoms with Crippen LogP contribution in [0.1, 0.15) is 13.3 Å². The van der Waals surface area contributed by atoms with E-state index < -0.39 is 0 Å². The number of aliphatic hydroxyl groups is 1. The molecular formula is C9H11ClN6OS. The minimum Gasteiger partial charge on any atom is -0.396 e. The number of aromatic nitrogens is 6. The second kappa shape index (κ2) is 6.07. The second-order valence-electron chi connectivity index (χ2n) is 3.47. The summed E-state index contributed by atoms with van der Waals surface area (Å²) < 4.78 is 1.41. The minimum absolute atomic E-state index is 0.106. The Bertz CT molecular complexity index is 508. The van der Waals surface area contributed by atoms with E-state index in [1.54, 1.807) is 0 Å². The average molecular weight is 287 g/mol. The molecule has 7 nitrogen and oxygen atoms in total. The van der Waals surface area contributed by atoms with Gasteiger partial charge in [0, 0.05) is 11.9 Å². The predicted octanol–water partition coefficient (Wildman–Crippen LogP) is 0.969. The number of halogens is 1. The highest BCUT2D eigenvalue weighted by molar-refractivity contribution is 7.99. The van der Waals surface area contributed by atoms with Gasteiger partial charge in [-0.2, -0.15) is 24.7 Å². The third-order valence-electron chi connectivity index (χ3n) is 2.04. The summed E-state index contributed by atoms with van der Waals surface area (Å²) in [5, 5.41) is 13.6. The third kappa shape index (κ3) is 3.37. The lowest BCUT2D eigenvalue weighted by Crippen LogP contribution is -2.07. The number of rotatable bonds is 5. The zero-order valence-electron chi connectivity index (χ0n) is 9.56. The van der Waals surface area contributed by atoms with Gasteiger partial charge in [0.25, 0.3) is 5.95 Å². The Morgan fingerprint density at radius 3 is 2.94 bits per heavy atom. The van der Waals surface area contributed by atoms with Gasteiger partial charge < -0.3 is 5.11 Å². The molecule has 2 aromatic rings. The molecule has 9 heteroatoms. The standard InChI is InChI=1S/C9H11ClN6OS/c1-6(2-3-17)18-9-14-7(10)13-8(15-9)16-5-11-4-12-16/h4-6,17H,2-3H2,1H3. The molecule has 0 aliphatic carbocycles. The van der Waals surface area contributed by atoms with E-state index in [4.69, 9.17) is 16.7 Å². The highest BCUT2D eigenvalue weighted by atomic mass is 35.5. The summed E-state index contributed by atoms with van der Waals surface area (Å²) in [5.74, 6) is 0.325. The van der Waals surface area contributed by atoms with Gasteiger partial charge in [0.15, 0.2) is 5.16 Å². The molecule has 18 heavy (non-hydrogen) atoms. The van der Waals surface area contributed by atoms with Crippen LogP contribution in [-0.4, -0.2) is 46.7 Å². The molecule has 1 unspecified atom stereocenters. The first kappa shape index (κ1) is 13.2. The average Bonchev–Trinajstić information content (AvgIpc) is 2.81. The maximum atomic E-state index is 8.86. The summed E-state index contributed by atoms with van der Waals surface area (Å²) >= 11 is 7.27. The Morgan fingerprint density at radius 2 is 2.28 bits per heavy atom. The lowest BCUT2D eigenvalue weighted by molar-refractivity contribution is 0.289. The van der Waals surface area contributed by atoms with E-state index in [1.165, 1.54) is 29.1 Å². The van der Waals surface area contributed by atoms with Crippen molar-refractivity contribution < 1.29 is 5.11 Å². The minimum atomic E-state index is 0.106. The van der Waals surface area contributed by atoms with E-state index in [-0.39, 0.29) is 17.1 Å². The number of nitrogens with zero attached hydrogens (tertiary/aromatic N) is 6. The van der Waals surface area contributed by atoms with Crippen LogP contribution in [0.2, 0.25) is 5.28 Å². The molecule has 96 valence electrons. The Hall–Kier alpha value is -1.25. The molecule has 0 radical (unpaired) electrons. The third-order valence-corrected chi connectivity index (χ3v) is 3.24. The highest BCUT2D eigenvalue weighted by Gasteiger charge is 2.11. The van der Waals surface area contributed by atoms with Gasteiger partial charge in [-0.15, -0.1) is 0 Å². The van der Waals surface area contributed by atoms with Crippen molar-refractivity contribution >= 4 is 23.4 Å². The molecule has 0 aliphatic rings. The molecule has 2 rings (SSSR count). The number of hydrogen-bond donors (Lipinski definition) is 1. The van der Waals surface area contributed by atoms with Gasteiger partial charge in [-0.1, -0.05) is 18.7 Å². The topological polar surface area (TPSA) is 89.6 Å². The molecule has 0 aromatic carbocycles. The van der Waals surface area contributed by atoms with Crippen molar-refractivity contribution in [2.75, 3.05) is 6.61 Å². The summed E-state index contributed by atoms with van der Waals surface area (Å²) in [5.41, 5.74) is 0. The SMILES string of the molecule is CC(CCO)Sc1nc(Cl)nc(-n2cncn2)n1. The van der Waals surface area contributed by atoms with Gasteiger partial charge in [0.05, 0.1) is 0 Å². The van der Waals surface area contributed by atoms with E-state index in [0.29, 0.717) is 17.5 Å². The van der Waals surface area contributed by atoms with Crippen LogP contribution in [0.3, 0.4) is 0 Å². The quantitative estimate of drug-likeness (QED) is 0.819. The van der Waals surface area contributed by atoms with Crippen LogP contribution in [0, 0.1) is 0 Å². The molecule has 0 saturated heterocycles. The fourth-order valence-corrected chi connectivity index (χ4v) is 2.27. The van der Waals surface area contributed by atoms with Crippen molar-refractivity contribution in [1.82, 2.24) is 29.7 Å². The Balaban J connectivity index is 2.22.